The van der Waals surface area contributed by atoms with Gasteiger partial charge in [0.2, 0.25) is 0 Å². The van der Waals surface area contributed by atoms with Crippen LogP contribution in [0.25, 0.3) is 10.1 Å². The Balaban J connectivity index is 1.76. The van der Waals surface area contributed by atoms with Crippen LogP contribution in [0.3, 0.4) is 0 Å². The highest BCUT2D eigenvalue weighted by Crippen LogP contribution is 2.34. The molecule has 3 nitrogen and oxygen atoms in total. The lowest BCUT2D eigenvalue weighted by Gasteiger charge is -1.97. The number of benzene rings is 2. The maximum Gasteiger partial charge on any atom is 0.283 e. The zero-order valence-corrected chi connectivity index (χ0v) is 12.8. The number of amides is 1. The molecule has 3 aromatic rings. The number of rotatable bonds is 3. The topological polar surface area (TPSA) is 41.5 Å². The number of hydrogen-bond acceptors (Lipinski definition) is 3. The van der Waals surface area contributed by atoms with E-state index >= 15 is 0 Å². The molecule has 1 amide bonds. The molecule has 0 aliphatic rings. The monoisotopic (exact) mass is 332 g/mol. The van der Waals surface area contributed by atoms with Gasteiger partial charge in [0.05, 0.1) is 11.2 Å². The predicted octanol–water partition coefficient (Wildman–Crippen LogP) is 4.46. The van der Waals surface area contributed by atoms with Crippen LogP contribution < -0.4 is 5.43 Å². The van der Waals surface area contributed by atoms with Gasteiger partial charge < -0.3 is 0 Å². The third-order valence-corrected chi connectivity index (χ3v) is 4.67. The van der Waals surface area contributed by atoms with E-state index in [9.17, 15) is 9.18 Å². The first-order chi connectivity index (χ1) is 10.6. The Morgan fingerprint density at radius 3 is 2.64 bits per heavy atom. The summed E-state index contributed by atoms with van der Waals surface area (Å²) in [5.41, 5.74) is 3.11. The predicted molar refractivity (Wildman–Crippen MR) is 88.3 cm³/mol. The largest absolute Gasteiger partial charge is 0.283 e. The van der Waals surface area contributed by atoms with E-state index in [2.05, 4.69) is 10.5 Å². The highest BCUT2D eigenvalue weighted by Gasteiger charge is 2.16. The highest BCUT2D eigenvalue weighted by atomic mass is 35.5. The van der Waals surface area contributed by atoms with Crippen LogP contribution in [0.2, 0.25) is 5.02 Å². The van der Waals surface area contributed by atoms with E-state index in [0.29, 0.717) is 15.5 Å². The minimum atomic E-state index is -0.371. The van der Waals surface area contributed by atoms with E-state index in [0.717, 1.165) is 10.1 Å². The number of hydrazone groups is 1. The molecule has 22 heavy (non-hydrogen) atoms. The van der Waals surface area contributed by atoms with Crippen molar-refractivity contribution in [3.8, 4) is 0 Å². The van der Waals surface area contributed by atoms with Gasteiger partial charge >= 0.3 is 0 Å². The number of carbonyl (C=O) groups excluding carboxylic acids is 1. The van der Waals surface area contributed by atoms with Gasteiger partial charge in [0.25, 0.3) is 5.91 Å². The van der Waals surface area contributed by atoms with E-state index in [1.54, 1.807) is 12.1 Å². The van der Waals surface area contributed by atoms with E-state index < -0.39 is 0 Å². The number of nitrogens with one attached hydrogen (secondary N) is 1. The van der Waals surface area contributed by atoms with Crippen molar-refractivity contribution in [1.29, 1.82) is 0 Å². The maximum absolute atomic E-state index is 12.8. The molecular formula is C16H10ClFN2OS. The highest BCUT2D eigenvalue weighted by molar-refractivity contribution is 7.21. The molecule has 0 atom stereocenters. The van der Waals surface area contributed by atoms with E-state index in [-0.39, 0.29) is 11.7 Å². The molecule has 0 bridgehead atoms. The zero-order chi connectivity index (χ0) is 15.5. The van der Waals surface area contributed by atoms with Crippen molar-refractivity contribution in [3.05, 3.63) is 69.8 Å². The second kappa shape index (κ2) is 6.25. The molecule has 2 aromatic carbocycles. The molecule has 0 unspecified atom stereocenters. The SMILES string of the molecule is O=C(N/N=C\c1ccc(F)cc1)c1sc2ccccc2c1Cl. The molecule has 0 spiro atoms. The van der Waals surface area contributed by atoms with Crippen molar-refractivity contribution in [2.24, 2.45) is 5.10 Å². The van der Waals surface area contributed by atoms with E-state index in [1.807, 2.05) is 24.3 Å². The number of fused-ring (bicyclic) bond motifs is 1. The molecule has 3 rings (SSSR count). The minimum Gasteiger partial charge on any atom is -0.266 e. The molecule has 0 saturated heterocycles. The van der Waals surface area contributed by atoms with Gasteiger partial charge in [-0.05, 0) is 23.8 Å². The van der Waals surface area contributed by atoms with Gasteiger partial charge in [0.15, 0.2) is 0 Å². The summed E-state index contributed by atoms with van der Waals surface area (Å²) in [6, 6.07) is 13.3. The Morgan fingerprint density at radius 2 is 1.91 bits per heavy atom. The van der Waals surface area contributed by atoms with Crippen molar-refractivity contribution in [2.45, 2.75) is 0 Å². The third kappa shape index (κ3) is 3.00. The van der Waals surface area contributed by atoms with Gasteiger partial charge in [-0.15, -0.1) is 11.3 Å². The van der Waals surface area contributed by atoms with Crippen LogP contribution in [0.5, 0.6) is 0 Å². The van der Waals surface area contributed by atoms with Gasteiger partial charge in [-0.1, -0.05) is 41.9 Å². The van der Waals surface area contributed by atoms with Crippen LogP contribution in [-0.4, -0.2) is 12.1 Å². The first-order valence-corrected chi connectivity index (χ1v) is 7.60. The van der Waals surface area contributed by atoms with Crippen LogP contribution in [0.1, 0.15) is 15.2 Å². The van der Waals surface area contributed by atoms with Gasteiger partial charge in [-0.3, -0.25) is 4.79 Å². The normalized spacial score (nSPS) is 11.2. The van der Waals surface area contributed by atoms with Crippen LogP contribution in [-0.2, 0) is 0 Å². The number of thiophene rings is 1. The van der Waals surface area contributed by atoms with E-state index in [4.69, 9.17) is 11.6 Å². The average Bonchev–Trinajstić information content (AvgIpc) is 2.87. The van der Waals surface area contributed by atoms with Crippen LogP contribution >= 0.6 is 22.9 Å². The molecule has 1 heterocycles. The second-order valence-corrected chi connectivity index (χ2v) is 5.92. The summed E-state index contributed by atoms with van der Waals surface area (Å²) in [7, 11) is 0. The van der Waals surface area contributed by atoms with Crippen LogP contribution in [0.15, 0.2) is 53.6 Å². The molecule has 110 valence electrons. The fourth-order valence-corrected chi connectivity index (χ4v) is 3.33. The number of hydrogen-bond donors (Lipinski definition) is 1. The summed E-state index contributed by atoms with van der Waals surface area (Å²) >= 11 is 7.53. The standard InChI is InChI=1S/C16H10ClFN2OS/c17-14-12-3-1-2-4-13(12)22-15(14)16(21)20-19-9-10-5-7-11(18)8-6-10/h1-9H,(H,20,21)/b19-9-. The minimum absolute atomic E-state index is 0.321. The van der Waals surface area contributed by atoms with Gasteiger partial charge in [0.1, 0.15) is 10.7 Å². The first-order valence-electron chi connectivity index (χ1n) is 6.41. The maximum atomic E-state index is 12.8. The summed E-state index contributed by atoms with van der Waals surface area (Å²) in [6.07, 6.45) is 1.44. The van der Waals surface area contributed by atoms with Crippen molar-refractivity contribution in [2.75, 3.05) is 0 Å². The number of carbonyl (C=O) groups is 1. The summed E-state index contributed by atoms with van der Waals surface area (Å²) in [5.74, 6) is -0.692. The van der Waals surface area contributed by atoms with Gasteiger partial charge in [-0.25, -0.2) is 9.82 Å². The number of halogens is 2. The molecule has 0 aliphatic carbocycles. The molecule has 0 fully saturated rings. The van der Waals surface area contributed by atoms with Crippen LogP contribution in [0, 0.1) is 5.82 Å². The van der Waals surface area contributed by atoms with Crippen molar-refractivity contribution >= 4 is 45.1 Å². The average molecular weight is 333 g/mol. The third-order valence-electron chi connectivity index (χ3n) is 2.99. The molecule has 6 heteroatoms. The molecular weight excluding hydrogens is 323 g/mol. The lowest BCUT2D eigenvalue weighted by Crippen LogP contribution is -2.16. The summed E-state index contributed by atoms with van der Waals surface area (Å²) in [4.78, 5) is 12.5. The van der Waals surface area contributed by atoms with Crippen molar-refractivity contribution in [3.63, 3.8) is 0 Å². The molecule has 0 saturated carbocycles. The summed E-state index contributed by atoms with van der Waals surface area (Å²) < 4.78 is 13.7. The van der Waals surface area contributed by atoms with Crippen LogP contribution in [0.4, 0.5) is 4.39 Å². The Kier molecular flexibility index (Phi) is 4.18. The Labute approximate surface area is 135 Å². The Hall–Kier alpha value is -2.24. The van der Waals surface area contributed by atoms with Gasteiger partial charge in [0, 0.05) is 10.1 Å². The molecule has 0 radical (unpaired) electrons. The Bertz CT molecular complexity index is 858. The first kappa shape index (κ1) is 14.7. The van der Waals surface area contributed by atoms with E-state index in [1.165, 1.54) is 29.7 Å². The fraction of sp³-hybridized carbons (Fsp3) is 0. The summed E-state index contributed by atoms with van der Waals surface area (Å²) in [6.45, 7) is 0. The molecule has 1 N–H and O–H groups in total. The number of nitrogens with zero attached hydrogens (tertiary/aromatic N) is 1. The fourth-order valence-electron chi connectivity index (χ4n) is 1.93. The molecule has 1 aromatic heterocycles. The Morgan fingerprint density at radius 1 is 1.18 bits per heavy atom. The van der Waals surface area contributed by atoms with Crippen molar-refractivity contribution in [1.82, 2.24) is 5.43 Å². The van der Waals surface area contributed by atoms with Gasteiger partial charge in [-0.2, -0.15) is 5.10 Å². The zero-order valence-electron chi connectivity index (χ0n) is 11.2. The lowest BCUT2D eigenvalue weighted by molar-refractivity contribution is 0.0959. The lowest BCUT2D eigenvalue weighted by atomic mass is 10.2. The smallest absolute Gasteiger partial charge is 0.266 e. The molecule has 0 aliphatic heterocycles. The quantitative estimate of drug-likeness (QED) is 0.558. The second-order valence-electron chi connectivity index (χ2n) is 4.49. The summed E-state index contributed by atoms with van der Waals surface area (Å²) in [5, 5.41) is 5.13. The van der Waals surface area contributed by atoms with Crippen molar-refractivity contribution < 1.29 is 9.18 Å².